The number of rotatable bonds is 1. The predicted octanol–water partition coefficient (Wildman–Crippen LogP) is 5.03. The topological polar surface area (TPSA) is 6.48 Å². The first-order valence-electron chi connectivity index (χ1n) is 11.0. The van der Waals surface area contributed by atoms with Crippen molar-refractivity contribution in [3.8, 4) is 0 Å². The lowest BCUT2D eigenvalue weighted by Crippen LogP contribution is -2.57. The van der Waals surface area contributed by atoms with E-state index in [1.807, 2.05) is 0 Å². The van der Waals surface area contributed by atoms with Crippen LogP contribution in [0, 0.1) is 28.6 Å². The molecule has 2 heterocycles. The summed E-state index contributed by atoms with van der Waals surface area (Å²) in [5.41, 5.74) is 1.61. The highest BCUT2D eigenvalue weighted by Crippen LogP contribution is 2.55. The van der Waals surface area contributed by atoms with Crippen molar-refractivity contribution in [1.29, 1.82) is 0 Å². The molecule has 2 atom stereocenters. The van der Waals surface area contributed by atoms with Gasteiger partial charge in [-0.05, 0) is 101 Å². The number of piperidine rings is 1. The van der Waals surface area contributed by atoms with Crippen molar-refractivity contribution in [3.63, 3.8) is 0 Å². The molecular weight excluding hydrogens is 304 g/mol. The van der Waals surface area contributed by atoms with Crippen molar-refractivity contribution in [1.82, 2.24) is 9.80 Å². The fraction of sp³-hybridized carbons (Fsp3) is 1.00. The zero-order valence-electron chi connectivity index (χ0n) is 17.8. The standard InChI is InChI=1S/C23H42N2/c1-21(2,3)19-11-17-15-24(16-18(17)12-19)20-13-23(14-20)7-9-25(10-8-23)22(4,5)6/h17-20H,7-16H2,1-6H3. The third-order valence-corrected chi connectivity index (χ3v) is 8.63. The molecule has 4 fully saturated rings. The molecule has 25 heavy (non-hydrogen) atoms. The Morgan fingerprint density at radius 3 is 1.76 bits per heavy atom. The molecule has 0 aromatic rings. The maximum absolute atomic E-state index is 2.91. The monoisotopic (exact) mass is 346 g/mol. The van der Waals surface area contributed by atoms with E-state index < -0.39 is 0 Å². The van der Waals surface area contributed by atoms with Gasteiger partial charge in [-0.1, -0.05) is 20.8 Å². The largest absolute Gasteiger partial charge is 0.300 e. The van der Waals surface area contributed by atoms with Gasteiger partial charge in [0.1, 0.15) is 0 Å². The van der Waals surface area contributed by atoms with Gasteiger partial charge in [0.25, 0.3) is 0 Å². The van der Waals surface area contributed by atoms with E-state index in [1.165, 1.54) is 64.7 Å². The molecule has 0 radical (unpaired) electrons. The Balaban J connectivity index is 1.25. The fourth-order valence-corrected chi connectivity index (χ4v) is 6.60. The zero-order chi connectivity index (χ0) is 18.0. The van der Waals surface area contributed by atoms with E-state index in [-0.39, 0.29) is 0 Å². The first kappa shape index (κ1) is 18.3. The molecule has 0 N–H and O–H groups in total. The second kappa shape index (κ2) is 5.96. The van der Waals surface area contributed by atoms with Gasteiger partial charge in [0, 0.05) is 24.7 Å². The molecule has 2 aliphatic heterocycles. The maximum atomic E-state index is 2.91. The molecule has 2 heteroatoms. The molecule has 2 aliphatic carbocycles. The molecule has 4 rings (SSSR count). The van der Waals surface area contributed by atoms with Crippen LogP contribution in [0.5, 0.6) is 0 Å². The van der Waals surface area contributed by atoms with Gasteiger partial charge in [-0.15, -0.1) is 0 Å². The van der Waals surface area contributed by atoms with Gasteiger partial charge < -0.3 is 0 Å². The first-order chi connectivity index (χ1) is 11.6. The number of hydrogen-bond donors (Lipinski definition) is 0. The Morgan fingerprint density at radius 1 is 0.800 bits per heavy atom. The van der Waals surface area contributed by atoms with Crippen molar-refractivity contribution in [2.75, 3.05) is 26.2 Å². The van der Waals surface area contributed by atoms with Crippen molar-refractivity contribution in [2.24, 2.45) is 28.6 Å². The summed E-state index contributed by atoms with van der Waals surface area (Å²) >= 11 is 0. The smallest absolute Gasteiger partial charge is 0.0125 e. The number of likely N-dealkylation sites (tertiary alicyclic amines) is 2. The molecule has 4 aliphatic rings. The van der Waals surface area contributed by atoms with Crippen LogP contribution in [-0.2, 0) is 0 Å². The fourth-order valence-electron chi connectivity index (χ4n) is 6.60. The maximum Gasteiger partial charge on any atom is 0.0125 e. The first-order valence-corrected chi connectivity index (χ1v) is 11.0. The SMILES string of the molecule is CC(C)(C)C1CC2CN(C3CC4(CCN(C(C)(C)C)CC4)C3)CC2C1. The Bertz CT molecular complexity index is 467. The summed E-state index contributed by atoms with van der Waals surface area (Å²) in [6.07, 6.45) is 8.92. The summed E-state index contributed by atoms with van der Waals surface area (Å²) in [5.74, 6) is 3.01. The molecule has 2 saturated heterocycles. The minimum Gasteiger partial charge on any atom is -0.300 e. The lowest BCUT2D eigenvalue weighted by molar-refractivity contribution is -0.0543. The predicted molar refractivity (Wildman–Crippen MR) is 107 cm³/mol. The van der Waals surface area contributed by atoms with Gasteiger partial charge in [-0.3, -0.25) is 9.80 Å². The van der Waals surface area contributed by atoms with Crippen LogP contribution in [0.15, 0.2) is 0 Å². The van der Waals surface area contributed by atoms with Gasteiger partial charge in [0.2, 0.25) is 0 Å². The molecule has 0 aromatic heterocycles. The molecule has 0 amide bonds. The highest BCUT2D eigenvalue weighted by atomic mass is 15.2. The summed E-state index contributed by atoms with van der Waals surface area (Å²) in [5, 5.41) is 0. The van der Waals surface area contributed by atoms with Crippen LogP contribution < -0.4 is 0 Å². The van der Waals surface area contributed by atoms with Gasteiger partial charge >= 0.3 is 0 Å². The molecule has 2 nitrogen and oxygen atoms in total. The lowest BCUT2D eigenvalue weighted by atomic mass is 9.59. The second-order valence-electron chi connectivity index (χ2n) is 12.2. The Hall–Kier alpha value is -0.0800. The van der Waals surface area contributed by atoms with Crippen molar-refractivity contribution >= 4 is 0 Å². The van der Waals surface area contributed by atoms with Crippen LogP contribution in [-0.4, -0.2) is 47.6 Å². The minimum atomic E-state index is 0.362. The van der Waals surface area contributed by atoms with E-state index in [9.17, 15) is 0 Å². The number of hydrogen-bond acceptors (Lipinski definition) is 2. The van der Waals surface area contributed by atoms with E-state index in [2.05, 4.69) is 51.3 Å². The van der Waals surface area contributed by atoms with Gasteiger partial charge in [0.15, 0.2) is 0 Å². The van der Waals surface area contributed by atoms with E-state index in [1.54, 1.807) is 0 Å². The molecule has 0 bridgehead atoms. The van der Waals surface area contributed by atoms with Crippen LogP contribution >= 0.6 is 0 Å². The Labute approximate surface area is 156 Å². The highest BCUT2D eigenvalue weighted by molar-refractivity contribution is 5.05. The third-order valence-electron chi connectivity index (χ3n) is 8.63. The van der Waals surface area contributed by atoms with Crippen LogP contribution in [0.3, 0.4) is 0 Å². The number of fused-ring (bicyclic) bond motifs is 1. The quantitative estimate of drug-likeness (QED) is 0.657. The average molecular weight is 347 g/mol. The summed E-state index contributed by atoms with van der Waals surface area (Å²) in [7, 11) is 0. The highest BCUT2D eigenvalue weighted by Gasteiger charge is 2.52. The normalized spacial score (nSPS) is 37.4. The van der Waals surface area contributed by atoms with Gasteiger partial charge in [-0.25, -0.2) is 0 Å². The van der Waals surface area contributed by atoms with Gasteiger partial charge in [-0.2, -0.15) is 0 Å². The molecule has 2 unspecified atom stereocenters. The minimum absolute atomic E-state index is 0.362. The van der Waals surface area contributed by atoms with Gasteiger partial charge in [0.05, 0.1) is 0 Å². The molecule has 2 saturated carbocycles. The van der Waals surface area contributed by atoms with Crippen LogP contribution in [0.25, 0.3) is 0 Å². The summed E-state index contributed by atoms with van der Waals surface area (Å²) in [6, 6.07) is 0.930. The zero-order valence-corrected chi connectivity index (χ0v) is 17.8. The third kappa shape index (κ3) is 3.43. The van der Waals surface area contributed by atoms with Crippen LogP contribution in [0.2, 0.25) is 0 Å². The Kier molecular flexibility index (Phi) is 4.36. The van der Waals surface area contributed by atoms with Crippen LogP contribution in [0.1, 0.15) is 80.1 Å². The van der Waals surface area contributed by atoms with Crippen molar-refractivity contribution in [2.45, 2.75) is 91.6 Å². The van der Waals surface area contributed by atoms with Crippen molar-refractivity contribution in [3.05, 3.63) is 0 Å². The van der Waals surface area contributed by atoms with E-state index in [4.69, 9.17) is 0 Å². The lowest BCUT2D eigenvalue weighted by Gasteiger charge is -2.56. The van der Waals surface area contributed by atoms with E-state index in [0.29, 0.717) is 11.0 Å². The number of nitrogens with zero attached hydrogens (tertiary/aromatic N) is 2. The van der Waals surface area contributed by atoms with E-state index >= 15 is 0 Å². The van der Waals surface area contributed by atoms with Crippen molar-refractivity contribution < 1.29 is 0 Å². The average Bonchev–Trinajstić information content (AvgIpc) is 3.01. The van der Waals surface area contributed by atoms with E-state index in [0.717, 1.165) is 29.2 Å². The summed E-state index contributed by atoms with van der Waals surface area (Å²) in [6.45, 7) is 20.0. The molecular formula is C23H42N2. The Morgan fingerprint density at radius 2 is 1.32 bits per heavy atom. The molecule has 0 aromatic carbocycles. The molecule has 144 valence electrons. The molecule has 1 spiro atoms. The summed E-state index contributed by atoms with van der Waals surface area (Å²) < 4.78 is 0. The van der Waals surface area contributed by atoms with Crippen LogP contribution in [0.4, 0.5) is 0 Å². The summed E-state index contributed by atoms with van der Waals surface area (Å²) in [4.78, 5) is 5.62. The second-order valence-corrected chi connectivity index (χ2v) is 12.2.